The van der Waals surface area contributed by atoms with E-state index in [2.05, 4.69) is 32.4 Å². The first-order valence-electron chi connectivity index (χ1n) is 11.3. The molecular formula is C24H35N5O2. The van der Waals surface area contributed by atoms with Crippen LogP contribution in [0.2, 0.25) is 0 Å². The minimum atomic E-state index is -0.0173. The molecule has 0 spiro atoms. The van der Waals surface area contributed by atoms with Crippen molar-refractivity contribution < 1.29 is 9.53 Å². The summed E-state index contributed by atoms with van der Waals surface area (Å²) in [5.74, 6) is 3.27. The predicted molar refractivity (Wildman–Crippen MR) is 125 cm³/mol. The minimum Gasteiger partial charge on any atom is -0.497 e. The molecule has 0 bridgehead atoms. The topological polar surface area (TPSA) is 79.4 Å². The van der Waals surface area contributed by atoms with Gasteiger partial charge in [-0.05, 0) is 56.2 Å². The molecule has 1 aromatic carbocycles. The number of carbonyl (C=O) groups excluding carboxylic acids is 1. The molecule has 2 N–H and O–H groups in total. The van der Waals surface area contributed by atoms with E-state index >= 15 is 0 Å². The lowest BCUT2D eigenvalue weighted by Crippen LogP contribution is -2.36. The van der Waals surface area contributed by atoms with Crippen LogP contribution in [0.1, 0.15) is 57.6 Å². The quantitative estimate of drug-likeness (QED) is 0.594. The number of amides is 1. The number of carbonyl (C=O) groups is 1. The minimum absolute atomic E-state index is 0.0173. The van der Waals surface area contributed by atoms with Gasteiger partial charge >= 0.3 is 0 Å². The summed E-state index contributed by atoms with van der Waals surface area (Å²) in [5, 5.41) is 6.45. The van der Waals surface area contributed by atoms with E-state index in [-0.39, 0.29) is 11.9 Å². The van der Waals surface area contributed by atoms with Gasteiger partial charge in [0.2, 0.25) is 5.91 Å². The van der Waals surface area contributed by atoms with E-state index in [0.29, 0.717) is 12.3 Å². The molecule has 0 unspecified atom stereocenters. The number of anilines is 2. The van der Waals surface area contributed by atoms with Crippen LogP contribution in [0.25, 0.3) is 0 Å². The Morgan fingerprint density at radius 3 is 2.84 bits per heavy atom. The number of nitrogens with one attached hydrogen (secondary N) is 2. The van der Waals surface area contributed by atoms with Gasteiger partial charge in [-0.3, -0.25) is 4.79 Å². The van der Waals surface area contributed by atoms with E-state index in [1.165, 1.54) is 0 Å². The number of hydrogen-bond donors (Lipinski definition) is 2. The van der Waals surface area contributed by atoms with Crippen LogP contribution >= 0.6 is 0 Å². The van der Waals surface area contributed by atoms with Crippen molar-refractivity contribution in [2.45, 2.75) is 52.0 Å². The second kappa shape index (κ2) is 11.5. The normalized spacial score (nSPS) is 17.1. The van der Waals surface area contributed by atoms with Crippen LogP contribution in [-0.2, 0) is 4.79 Å². The van der Waals surface area contributed by atoms with Crippen molar-refractivity contribution >= 4 is 17.5 Å². The Hall–Kier alpha value is -2.83. The van der Waals surface area contributed by atoms with Crippen LogP contribution in [0.15, 0.2) is 36.7 Å². The number of ether oxygens (including phenoxy) is 1. The average molecular weight is 426 g/mol. The van der Waals surface area contributed by atoms with Crippen LogP contribution in [0, 0.1) is 5.92 Å². The molecule has 1 fully saturated rings. The van der Waals surface area contributed by atoms with Gasteiger partial charge in [0.15, 0.2) is 0 Å². The molecule has 7 nitrogen and oxygen atoms in total. The Morgan fingerprint density at radius 2 is 2.10 bits per heavy atom. The third-order valence-electron chi connectivity index (χ3n) is 5.82. The first-order chi connectivity index (χ1) is 15.1. The molecule has 31 heavy (non-hydrogen) atoms. The number of methoxy groups -OCH3 is 1. The molecule has 168 valence electrons. The molecule has 2 heterocycles. The zero-order valence-corrected chi connectivity index (χ0v) is 18.9. The van der Waals surface area contributed by atoms with Crippen LogP contribution in [0.4, 0.5) is 11.6 Å². The Bertz CT molecular complexity index is 827. The maximum atomic E-state index is 12.5. The van der Waals surface area contributed by atoms with Gasteiger partial charge in [0, 0.05) is 32.1 Å². The number of aromatic nitrogens is 2. The second-order valence-electron chi connectivity index (χ2n) is 8.24. The van der Waals surface area contributed by atoms with Crippen molar-refractivity contribution in [2.24, 2.45) is 5.92 Å². The van der Waals surface area contributed by atoms with Crippen molar-refractivity contribution in [1.82, 2.24) is 15.3 Å². The summed E-state index contributed by atoms with van der Waals surface area (Å²) in [6.07, 6.45) is 6.41. The summed E-state index contributed by atoms with van der Waals surface area (Å²) in [6, 6.07) is 9.84. The fourth-order valence-corrected chi connectivity index (χ4v) is 4.00. The number of benzene rings is 1. The molecule has 0 radical (unpaired) electrons. The van der Waals surface area contributed by atoms with Gasteiger partial charge in [-0.25, -0.2) is 9.97 Å². The van der Waals surface area contributed by atoms with Crippen LogP contribution in [0.5, 0.6) is 5.75 Å². The highest BCUT2D eigenvalue weighted by Gasteiger charge is 2.22. The molecule has 1 aromatic heterocycles. The van der Waals surface area contributed by atoms with Crippen molar-refractivity contribution in [3.8, 4) is 5.75 Å². The fourth-order valence-electron chi connectivity index (χ4n) is 4.00. The number of piperidine rings is 1. The maximum Gasteiger partial charge on any atom is 0.220 e. The lowest BCUT2D eigenvalue weighted by Gasteiger charge is -2.33. The van der Waals surface area contributed by atoms with Gasteiger partial charge in [-0.15, -0.1) is 0 Å². The van der Waals surface area contributed by atoms with Gasteiger partial charge in [-0.1, -0.05) is 19.1 Å². The molecule has 2 atom stereocenters. The average Bonchev–Trinajstić information content (AvgIpc) is 2.82. The lowest BCUT2D eigenvalue weighted by atomic mass is 9.93. The molecule has 1 saturated heterocycles. The fraction of sp³-hybridized carbons (Fsp3) is 0.542. The third-order valence-corrected chi connectivity index (χ3v) is 5.82. The monoisotopic (exact) mass is 425 g/mol. The number of nitrogens with zero attached hydrogens (tertiary/aromatic N) is 3. The molecule has 7 heteroatoms. The van der Waals surface area contributed by atoms with Crippen LogP contribution in [-0.4, -0.2) is 42.6 Å². The van der Waals surface area contributed by atoms with E-state index in [9.17, 15) is 4.79 Å². The van der Waals surface area contributed by atoms with E-state index < -0.39 is 0 Å². The van der Waals surface area contributed by atoms with Gasteiger partial charge in [0.05, 0.1) is 13.2 Å². The Balaban J connectivity index is 1.47. The first-order valence-corrected chi connectivity index (χ1v) is 11.3. The van der Waals surface area contributed by atoms with Crippen LogP contribution in [0.3, 0.4) is 0 Å². The highest BCUT2D eigenvalue weighted by atomic mass is 16.5. The SMILES string of the molecule is CCCNc1cc(N2CCC[C@@H](CCC(=O)N[C@@H](C)c3ccc(OC)cc3)C2)ncn1. The van der Waals surface area contributed by atoms with Crippen molar-refractivity contribution in [2.75, 3.05) is 37.0 Å². The van der Waals surface area contributed by atoms with Crippen molar-refractivity contribution in [1.29, 1.82) is 0 Å². The molecular weight excluding hydrogens is 390 g/mol. The third kappa shape index (κ3) is 6.84. The summed E-state index contributed by atoms with van der Waals surface area (Å²) >= 11 is 0. The summed E-state index contributed by atoms with van der Waals surface area (Å²) in [4.78, 5) is 23.6. The zero-order chi connectivity index (χ0) is 22.1. The summed E-state index contributed by atoms with van der Waals surface area (Å²) in [5.41, 5.74) is 1.08. The highest BCUT2D eigenvalue weighted by Crippen LogP contribution is 2.26. The standard InChI is InChI=1S/C24H35N5O2/c1-4-13-25-22-15-23(27-17-26-22)29-14-5-6-19(16-29)7-12-24(30)28-18(2)20-8-10-21(31-3)11-9-20/h8-11,15,17-19H,4-7,12-14,16H2,1-3H3,(H,28,30)(H,25,26,27)/t18-,19-/m0/s1. The number of rotatable bonds is 10. The van der Waals surface area contributed by atoms with Crippen molar-refractivity contribution in [3.63, 3.8) is 0 Å². The Kier molecular flexibility index (Phi) is 8.50. The Labute approximate surface area is 185 Å². The van der Waals surface area contributed by atoms with Gasteiger partial charge in [0.25, 0.3) is 0 Å². The molecule has 1 aliphatic heterocycles. The molecule has 1 amide bonds. The highest BCUT2D eigenvalue weighted by molar-refractivity contribution is 5.76. The van der Waals surface area contributed by atoms with Gasteiger partial charge in [0.1, 0.15) is 23.7 Å². The second-order valence-corrected chi connectivity index (χ2v) is 8.24. The smallest absolute Gasteiger partial charge is 0.220 e. The molecule has 0 saturated carbocycles. The summed E-state index contributed by atoms with van der Waals surface area (Å²) in [6.45, 7) is 7.00. The Morgan fingerprint density at radius 1 is 1.29 bits per heavy atom. The van der Waals surface area contributed by atoms with Gasteiger partial charge in [-0.2, -0.15) is 0 Å². The number of hydrogen-bond acceptors (Lipinski definition) is 6. The molecule has 3 rings (SSSR count). The maximum absolute atomic E-state index is 12.5. The zero-order valence-electron chi connectivity index (χ0n) is 18.9. The summed E-state index contributed by atoms with van der Waals surface area (Å²) < 4.78 is 5.20. The van der Waals surface area contributed by atoms with E-state index in [4.69, 9.17) is 4.74 Å². The molecule has 1 aliphatic rings. The van der Waals surface area contributed by atoms with E-state index in [0.717, 1.165) is 68.3 Å². The lowest BCUT2D eigenvalue weighted by molar-refractivity contribution is -0.122. The first kappa shape index (κ1) is 22.8. The van der Waals surface area contributed by atoms with Gasteiger partial charge < -0.3 is 20.3 Å². The molecule has 0 aliphatic carbocycles. The molecule has 2 aromatic rings. The summed E-state index contributed by atoms with van der Waals surface area (Å²) in [7, 11) is 1.65. The van der Waals surface area contributed by atoms with Crippen molar-refractivity contribution in [3.05, 3.63) is 42.2 Å². The predicted octanol–water partition coefficient (Wildman–Crippen LogP) is 4.18. The van der Waals surface area contributed by atoms with Crippen LogP contribution < -0.4 is 20.3 Å². The largest absolute Gasteiger partial charge is 0.497 e. The van der Waals surface area contributed by atoms with E-state index in [1.54, 1.807) is 13.4 Å². The van der Waals surface area contributed by atoms with E-state index in [1.807, 2.05) is 37.3 Å².